The Hall–Kier alpha value is -1.08. The highest BCUT2D eigenvalue weighted by Gasteiger charge is 2.17. The van der Waals surface area contributed by atoms with Gasteiger partial charge in [-0.1, -0.05) is 25.1 Å². The zero-order valence-electron chi connectivity index (χ0n) is 12.0. The van der Waals surface area contributed by atoms with Crippen LogP contribution in [0.4, 0.5) is 0 Å². The van der Waals surface area contributed by atoms with Crippen molar-refractivity contribution in [3.8, 4) is 0 Å². The lowest BCUT2D eigenvalue weighted by atomic mass is 10.2. The molecule has 1 aromatic heterocycles. The standard InChI is InChI=1S/C13H23N5OS/c1-2-15-10(12(14)19)7-9-20-13-17-16-11-6-4-3-5-8-18(11)13/h10,15H,2-9H2,1H3,(H2,14,19). The van der Waals surface area contributed by atoms with Gasteiger partial charge in [-0.2, -0.15) is 0 Å². The summed E-state index contributed by atoms with van der Waals surface area (Å²) in [7, 11) is 0. The number of nitrogens with zero attached hydrogens (tertiary/aromatic N) is 3. The van der Waals surface area contributed by atoms with E-state index >= 15 is 0 Å². The van der Waals surface area contributed by atoms with Crippen LogP contribution in [-0.4, -0.2) is 39.0 Å². The fraction of sp³-hybridized carbons (Fsp3) is 0.769. The van der Waals surface area contributed by atoms with Gasteiger partial charge in [0.1, 0.15) is 5.82 Å². The van der Waals surface area contributed by atoms with Crippen LogP contribution in [0.15, 0.2) is 5.16 Å². The number of hydrogen-bond donors (Lipinski definition) is 2. The summed E-state index contributed by atoms with van der Waals surface area (Å²) in [6.07, 6.45) is 5.40. The van der Waals surface area contributed by atoms with Gasteiger partial charge in [0.15, 0.2) is 5.16 Å². The molecule has 112 valence electrons. The maximum Gasteiger partial charge on any atom is 0.234 e. The third kappa shape index (κ3) is 3.96. The molecule has 0 aromatic carbocycles. The van der Waals surface area contributed by atoms with E-state index < -0.39 is 0 Å². The molecule has 1 atom stereocenters. The van der Waals surface area contributed by atoms with Crippen molar-refractivity contribution >= 4 is 17.7 Å². The van der Waals surface area contributed by atoms with Crippen molar-refractivity contribution in [2.45, 2.75) is 56.8 Å². The van der Waals surface area contributed by atoms with Gasteiger partial charge in [-0.25, -0.2) is 0 Å². The predicted molar refractivity (Wildman–Crippen MR) is 79.6 cm³/mol. The van der Waals surface area contributed by atoms with Crippen molar-refractivity contribution < 1.29 is 4.79 Å². The van der Waals surface area contributed by atoms with Crippen LogP contribution in [0.5, 0.6) is 0 Å². The number of carbonyl (C=O) groups is 1. The molecule has 20 heavy (non-hydrogen) atoms. The quantitative estimate of drug-likeness (QED) is 0.732. The van der Waals surface area contributed by atoms with E-state index in [1.54, 1.807) is 11.8 Å². The molecule has 2 heterocycles. The van der Waals surface area contributed by atoms with E-state index in [-0.39, 0.29) is 11.9 Å². The Morgan fingerprint density at radius 3 is 3.05 bits per heavy atom. The Bertz CT molecular complexity index is 448. The fourth-order valence-corrected chi connectivity index (χ4v) is 3.41. The molecule has 0 saturated carbocycles. The van der Waals surface area contributed by atoms with E-state index in [9.17, 15) is 4.79 Å². The molecular weight excluding hydrogens is 274 g/mol. The summed E-state index contributed by atoms with van der Waals surface area (Å²) in [6.45, 7) is 3.73. The highest BCUT2D eigenvalue weighted by molar-refractivity contribution is 7.99. The number of amides is 1. The molecule has 7 heteroatoms. The summed E-state index contributed by atoms with van der Waals surface area (Å²) < 4.78 is 2.23. The van der Waals surface area contributed by atoms with Crippen LogP contribution >= 0.6 is 11.8 Å². The van der Waals surface area contributed by atoms with E-state index in [4.69, 9.17) is 5.73 Å². The van der Waals surface area contributed by atoms with Crippen molar-refractivity contribution in [2.24, 2.45) is 5.73 Å². The Morgan fingerprint density at radius 2 is 2.30 bits per heavy atom. The van der Waals surface area contributed by atoms with Gasteiger partial charge in [0.05, 0.1) is 6.04 Å². The van der Waals surface area contributed by atoms with E-state index in [0.29, 0.717) is 0 Å². The lowest BCUT2D eigenvalue weighted by Gasteiger charge is -2.13. The molecule has 0 aliphatic carbocycles. The maximum atomic E-state index is 11.3. The van der Waals surface area contributed by atoms with Crippen LogP contribution in [0, 0.1) is 0 Å². The number of aryl methyl sites for hydroxylation is 1. The smallest absolute Gasteiger partial charge is 0.234 e. The number of rotatable bonds is 7. The lowest BCUT2D eigenvalue weighted by molar-refractivity contribution is -0.120. The predicted octanol–water partition coefficient (Wildman–Crippen LogP) is 0.950. The summed E-state index contributed by atoms with van der Waals surface area (Å²) in [4.78, 5) is 11.3. The summed E-state index contributed by atoms with van der Waals surface area (Å²) in [5.41, 5.74) is 5.37. The summed E-state index contributed by atoms with van der Waals surface area (Å²) in [6, 6.07) is -0.251. The van der Waals surface area contributed by atoms with Gasteiger partial charge < -0.3 is 15.6 Å². The van der Waals surface area contributed by atoms with Gasteiger partial charge in [0, 0.05) is 18.7 Å². The zero-order valence-corrected chi connectivity index (χ0v) is 12.8. The Morgan fingerprint density at radius 1 is 1.45 bits per heavy atom. The summed E-state index contributed by atoms with van der Waals surface area (Å²) >= 11 is 1.66. The molecule has 1 aliphatic heterocycles. The van der Waals surface area contributed by atoms with Crippen LogP contribution in [0.3, 0.4) is 0 Å². The Kier molecular flexibility index (Phi) is 5.85. The number of fused-ring (bicyclic) bond motifs is 1. The van der Waals surface area contributed by atoms with Crippen molar-refractivity contribution in [1.29, 1.82) is 0 Å². The van der Waals surface area contributed by atoms with Crippen LogP contribution < -0.4 is 11.1 Å². The number of carbonyl (C=O) groups excluding carboxylic acids is 1. The molecule has 2 rings (SSSR count). The summed E-state index contributed by atoms with van der Waals surface area (Å²) in [5, 5.41) is 12.6. The van der Waals surface area contributed by atoms with Crippen LogP contribution in [0.2, 0.25) is 0 Å². The monoisotopic (exact) mass is 297 g/mol. The first kappa shape index (κ1) is 15.3. The maximum absolute atomic E-state index is 11.3. The van der Waals surface area contributed by atoms with Gasteiger partial charge in [0.25, 0.3) is 0 Å². The zero-order chi connectivity index (χ0) is 14.4. The molecule has 0 fully saturated rings. The summed E-state index contributed by atoms with van der Waals surface area (Å²) in [5.74, 6) is 1.63. The van der Waals surface area contributed by atoms with Gasteiger partial charge >= 0.3 is 0 Å². The van der Waals surface area contributed by atoms with Crippen molar-refractivity contribution in [3.63, 3.8) is 0 Å². The third-order valence-electron chi connectivity index (χ3n) is 3.51. The SMILES string of the molecule is CCNC(CCSc1nnc2n1CCCCC2)C(N)=O. The van der Waals surface area contributed by atoms with E-state index in [2.05, 4.69) is 20.1 Å². The van der Waals surface area contributed by atoms with Crippen LogP contribution in [-0.2, 0) is 17.8 Å². The second-order valence-corrected chi connectivity index (χ2v) is 6.07. The minimum atomic E-state index is -0.285. The minimum Gasteiger partial charge on any atom is -0.368 e. The molecule has 0 spiro atoms. The van der Waals surface area contributed by atoms with Gasteiger partial charge in [0.2, 0.25) is 5.91 Å². The molecular formula is C13H23N5OS. The molecule has 1 aromatic rings. The number of thioether (sulfide) groups is 1. The largest absolute Gasteiger partial charge is 0.368 e. The molecule has 1 aliphatic rings. The highest BCUT2D eigenvalue weighted by Crippen LogP contribution is 2.22. The van der Waals surface area contributed by atoms with Gasteiger partial charge in [-0.05, 0) is 25.8 Å². The highest BCUT2D eigenvalue weighted by atomic mass is 32.2. The van der Waals surface area contributed by atoms with Crippen molar-refractivity contribution in [3.05, 3.63) is 5.82 Å². The first-order valence-corrected chi connectivity index (χ1v) is 8.28. The number of nitrogens with two attached hydrogens (primary N) is 1. The normalized spacial score (nSPS) is 16.4. The average molecular weight is 297 g/mol. The Labute approximate surface area is 123 Å². The topological polar surface area (TPSA) is 85.8 Å². The van der Waals surface area contributed by atoms with E-state index in [0.717, 1.165) is 42.7 Å². The van der Waals surface area contributed by atoms with Crippen molar-refractivity contribution in [1.82, 2.24) is 20.1 Å². The van der Waals surface area contributed by atoms with Gasteiger partial charge in [-0.3, -0.25) is 4.79 Å². The third-order valence-corrected chi connectivity index (χ3v) is 4.51. The molecule has 1 unspecified atom stereocenters. The van der Waals surface area contributed by atoms with E-state index in [1.165, 1.54) is 19.3 Å². The molecule has 0 saturated heterocycles. The number of hydrogen-bond acceptors (Lipinski definition) is 5. The second kappa shape index (κ2) is 7.64. The molecule has 1 amide bonds. The molecule has 3 N–H and O–H groups in total. The van der Waals surface area contributed by atoms with E-state index in [1.807, 2.05) is 6.92 Å². The molecule has 0 bridgehead atoms. The van der Waals surface area contributed by atoms with Gasteiger partial charge in [-0.15, -0.1) is 10.2 Å². The number of primary amides is 1. The number of likely N-dealkylation sites (N-methyl/N-ethyl adjacent to an activating group) is 1. The Balaban J connectivity index is 1.88. The lowest BCUT2D eigenvalue weighted by Crippen LogP contribution is -2.41. The number of aromatic nitrogens is 3. The van der Waals surface area contributed by atoms with Crippen LogP contribution in [0.1, 0.15) is 38.4 Å². The van der Waals surface area contributed by atoms with Crippen LogP contribution in [0.25, 0.3) is 0 Å². The second-order valence-electron chi connectivity index (χ2n) is 5.01. The fourth-order valence-electron chi connectivity index (χ4n) is 2.42. The first-order chi connectivity index (χ1) is 9.72. The number of nitrogens with one attached hydrogen (secondary N) is 1. The molecule has 0 radical (unpaired) electrons. The first-order valence-electron chi connectivity index (χ1n) is 7.30. The molecule has 6 nitrogen and oxygen atoms in total. The minimum absolute atomic E-state index is 0.251. The average Bonchev–Trinajstić information content (AvgIpc) is 2.66. The van der Waals surface area contributed by atoms with Crippen molar-refractivity contribution in [2.75, 3.05) is 12.3 Å².